The van der Waals surface area contributed by atoms with Gasteiger partial charge in [-0.25, -0.2) is 4.79 Å². The molecular formula is C9H11F3N2O3. The number of aromatic amines is 1. The van der Waals surface area contributed by atoms with Crippen molar-refractivity contribution in [1.82, 2.24) is 9.55 Å². The molecule has 1 heterocycles. The van der Waals surface area contributed by atoms with Crippen LogP contribution in [0.25, 0.3) is 0 Å². The summed E-state index contributed by atoms with van der Waals surface area (Å²) in [7, 11) is 0. The monoisotopic (exact) mass is 252 g/mol. The van der Waals surface area contributed by atoms with Gasteiger partial charge in [0.1, 0.15) is 6.54 Å². The molecule has 0 atom stereocenters. The van der Waals surface area contributed by atoms with Crippen molar-refractivity contribution < 1.29 is 17.9 Å². The zero-order chi connectivity index (χ0) is 13.1. The largest absolute Gasteiger partial charge is 0.406 e. The van der Waals surface area contributed by atoms with Crippen LogP contribution >= 0.6 is 0 Å². The normalized spacial score (nSPS) is 11.8. The number of H-pyrrole nitrogens is 1. The highest BCUT2D eigenvalue weighted by molar-refractivity contribution is 4.98. The lowest BCUT2D eigenvalue weighted by Gasteiger charge is -2.09. The summed E-state index contributed by atoms with van der Waals surface area (Å²) in [5.41, 5.74) is -1.94. The number of rotatable bonds is 4. The third-order valence-electron chi connectivity index (χ3n) is 1.88. The van der Waals surface area contributed by atoms with E-state index in [1.54, 1.807) is 6.92 Å². The van der Waals surface area contributed by atoms with Crippen LogP contribution in [0.3, 0.4) is 0 Å². The first-order valence-corrected chi connectivity index (χ1v) is 4.81. The molecule has 0 spiro atoms. The highest BCUT2D eigenvalue weighted by atomic mass is 19.4. The maximum absolute atomic E-state index is 12.1. The Kier molecular flexibility index (Phi) is 4.11. The third kappa shape index (κ3) is 4.06. The smallest absolute Gasteiger partial charge is 0.376 e. The average Bonchev–Trinajstić information content (AvgIpc) is 2.19. The van der Waals surface area contributed by atoms with Gasteiger partial charge in [0.2, 0.25) is 0 Å². The van der Waals surface area contributed by atoms with E-state index in [4.69, 9.17) is 4.74 Å². The van der Waals surface area contributed by atoms with Gasteiger partial charge in [-0.05, 0) is 6.92 Å². The molecule has 1 aromatic rings. The van der Waals surface area contributed by atoms with Gasteiger partial charge in [-0.15, -0.1) is 0 Å². The first-order valence-electron chi connectivity index (χ1n) is 4.81. The summed E-state index contributed by atoms with van der Waals surface area (Å²) in [6.45, 7) is 0.459. The average molecular weight is 252 g/mol. The van der Waals surface area contributed by atoms with Gasteiger partial charge in [0, 0.05) is 12.7 Å². The van der Waals surface area contributed by atoms with E-state index in [9.17, 15) is 22.8 Å². The molecule has 1 rings (SSSR count). The Labute approximate surface area is 93.8 Å². The quantitative estimate of drug-likeness (QED) is 0.855. The molecule has 0 aromatic carbocycles. The zero-order valence-electron chi connectivity index (χ0n) is 9.00. The van der Waals surface area contributed by atoms with E-state index in [0.717, 1.165) is 6.07 Å². The molecule has 0 saturated carbocycles. The van der Waals surface area contributed by atoms with Gasteiger partial charge < -0.3 is 9.72 Å². The van der Waals surface area contributed by atoms with Crippen molar-refractivity contribution in [3.63, 3.8) is 0 Å². The highest BCUT2D eigenvalue weighted by Crippen LogP contribution is 2.15. The lowest BCUT2D eigenvalue weighted by atomic mass is 10.4. The van der Waals surface area contributed by atoms with Gasteiger partial charge in [0.25, 0.3) is 5.56 Å². The number of halogens is 3. The summed E-state index contributed by atoms with van der Waals surface area (Å²) < 4.78 is 41.2. The molecule has 0 saturated heterocycles. The van der Waals surface area contributed by atoms with Crippen molar-refractivity contribution >= 4 is 0 Å². The Morgan fingerprint density at radius 3 is 2.53 bits per heavy atom. The summed E-state index contributed by atoms with van der Waals surface area (Å²) in [6, 6.07) is 0.919. The van der Waals surface area contributed by atoms with E-state index in [0.29, 0.717) is 6.61 Å². The van der Waals surface area contributed by atoms with Crippen molar-refractivity contribution in [2.75, 3.05) is 6.61 Å². The Hall–Kier alpha value is -1.57. The molecule has 17 heavy (non-hydrogen) atoms. The molecule has 1 N–H and O–H groups in total. The van der Waals surface area contributed by atoms with Crippen molar-refractivity contribution in [3.05, 3.63) is 32.6 Å². The Balaban J connectivity index is 3.03. The molecule has 5 nitrogen and oxygen atoms in total. The maximum atomic E-state index is 12.1. The van der Waals surface area contributed by atoms with Crippen LogP contribution in [0.1, 0.15) is 12.6 Å². The predicted octanol–water partition coefficient (Wildman–Crippen LogP) is 0.635. The van der Waals surface area contributed by atoms with E-state index in [-0.39, 0.29) is 16.9 Å². The number of hydrogen-bond acceptors (Lipinski definition) is 3. The minimum absolute atomic E-state index is 0.0200. The third-order valence-corrected chi connectivity index (χ3v) is 1.88. The van der Waals surface area contributed by atoms with Crippen LogP contribution in [-0.4, -0.2) is 22.3 Å². The summed E-state index contributed by atoms with van der Waals surface area (Å²) >= 11 is 0. The molecule has 0 aliphatic carbocycles. The topological polar surface area (TPSA) is 64.1 Å². The van der Waals surface area contributed by atoms with E-state index >= 15 is 0 Å². The first-order chi connectivity index (χ1) is 7.83. The van der Waals surface area contributed by atoms with Crippen molar-refractivity contribution in [2.24, 2.45) is 0 Å². The lowest BCUT2D eigenvalue weighted by Crippen LogP contribution is -2.39. The summed E-state index contributed by atoms with van der Waals surface area (Å²) in [6.07, 6.45) is -4.61. The zero-order valence-corrected chi connectivity index (χ0v) is 9.00. The van der Waals surface area contributed by atoms with Crippen molar-refractivity contribution in [1.29, 1.82) is 0 Å². The second-order valence-corrected chi connectivity index (χ2v) is 3.28. The maximum Gasteiger partial charge on any atom is 0.406 e. The van der Waals surface area contributed by atoms with E-state index in [1.165, 1.54) is 0 Å². The van der Waals surface area contributed by atoms with Gasteiger partial charge in [0.15, 0.2) is 0 Å². The Bertz CT molecular complexity index is 458. The van der Waals surface area contributed by atoms with E-state index < -0.39 is 24.0 Å². The standard InChI is InChI=1S/C9H11F3N2O3/c1-2-17-4-6-3-7(15)14(8(16)13-6)5-9(10,11)12/h3H,2,4-5H2,1H3,(H,13,16). The lowest BCUT2D eigenvalue weighted by molar-refractivity contribution is -0.141. The number of hydrogen-bond donors (Lipinski definition) is 1. The minimum atomic E-state index is -4.61. The van der Waals surface area contributed by atoms with Crippen LogP contribution in [-0.2, 0) is 17.9 Å². The minimum Gasteiger partial charge on any atom is -0.376 e. The van der Waals surface area contributed by atoms with E-state index in [1.807, 2.05) is 0 Å². The van der Waals surface area contributed by atoms with Crippen LogP contribution < -0.4 is 11.2 Å². The molecule has 0 aliphatic rings. The molecule has 8 heteroatoms. The molecule has 0 fully saturated rings. The van der Waals surface area contributed by atoms with Crippen molar-refractivity contribution in [2.45, 2.75) is 26.3 Å². The number of ether oxygens (including phenoxy) is 1. The SMILES string of the molecule is CCOCc1cc(=O)n(CC(F)(F)F)c(=O)[nH]1. The fourth-order valence-electron chi connectivity index (χ4n) is 1.19. The molecule has 0 aliphatic heterocycles. The molecule has 0 amide bonds. The summed E-state index contributed by atoms with van der Waals surface area (Å²) in [4.78, 5) is 24.7. The molecule has 0 radical (unpaired) electrons. The van der Waals surface area contributed by atoms with Gasteiger partial charge in [-0.1, -0.05) is 0 Å². The van der Waals surface area contributed by atoms with Gasteiger partial charge in [-0.2, -0.15) is 13.2 Å². The van der Waals surface area contributed by atoms with Crippen molar-refractivity contribution in [3.8, 4) is 0 Å². The Morgan fingerprint density at radius 2 is 2.06 bits per heavy atom. The number of aromatic nitrogens is 2. The molecule has 96 valence electrons. The van der Waals surface area contributed by atoms with E-state index in [2.05, 4.69) is 4.98 Å². The predicted molar refractivity (Wildman–Crippen MR) is 52.7 cm³/mol. The molecule has 0 unspecified atom stereocenters. The van der Waals surface area contributed by atoms with Crippen LogP contribution in [0.4, 0.5) is 13.2 Å². The van der Waals surface area contributed by atoms with Crippen LogP contribution in [0.15, 0.2) is 15.7 Å². The fraction of sp³-hybridized carbons (Fsp3) is 0.556. The fourth-order valence-corrected chi connectivity index (χ4v) is 1.19. The van der Waals surface area contributed by atoms with Crippen LogP contribution in [0, 0.1) is 0 Å². The second kappa shape index (κ2) is 5.17. The Morgan fingerprint density at radius 1 is 1.41 bits per heavy atom. The highest BCUT2D eigenvalue weighted by Gasteiger charge is 2.29. The number of nitrogens with zero attached hydrogens (tertiary/aromatic N) is 1. The molecule has 1 aromatic heterocycles. The van der Waals surface area contributed by atoms with Gasteiger partial charge in [-0.3, -0.25) is 9.36 Å². The molecule has 0 bridgehead atoms. The van der Waals surface area contributed by atoms with Gasteiger partial charge in [0.05, 0.1) is 12.3 Å². The first kappa shape index (κ1) is 13.5. The summed E-state index contributed by atoms with van der Waals surface area (Å²) in [5.74, 6) is 0. The number of alkyl halides is 3. The summed E-state index contributed by atoms with van der Waals surface area (Å²) in [5, 5.41) is 0. The molecular weight excluding hydrogens is 241 g/mol. The number of nitrogens with one attached hydrogen (secondary N) is 1. The van der Waals surface area contributed by atoms with Crippen LogP contribution in [0.5, 0.6) is 0 Å². The van der Waals surface area contributed by atoms with Crippen LogP contribution in [0.2, 0.25) is 0 Å². The second-order valence-electron chi connectivity index (χ2n) is 3.28. The van der Waals surface area contributed by atoms with Gasteiger partial charge >= 0.3 is 11.9 Å².